The maximum absolute atomic E-state index is 13.4. The number of hydrogen-bond acceptors (Lipinski definition) is 4. The lowest BCUT2D eigenvalue weighted by Gasteiger charge is -2.17. The van der Waals surface area contributed by atoms with E-state index < -0.39 is 55.2 Å². The fraction of sp³-hybridized carbons (Fsp3) is 0.500. The van der Waals surface area contributed by atoms with E-state index in [1.165, 1.54) is 13.8 Å². The molecule has 0 unspecified atom stereocenters. The quantitative estimate of drug-likeness (QED) is 0.307. The molecule has 0 amide bonds. The molecule has 0 heterocycles. The second-order valence-corrected chi connectivity index (χ2v) is 5.97. The van der Waals surface area contributed by atoms with Crippen molar-refractivity contribution in [2.24, 2.45) is 0 Å². The van der Waals surface area contributed by atoms with Crippen LogP contribution in [0.15, 0.2) is 0 Å². The monoisotopic (exact) mass is 348 g/mol. The SMILES string of the molecule is CCOP(=O)(COCc1c(F)c(F)c(F)c(F)c1F)OCC. The summed E-state index contributed by atoms with van der Waals surface area (Å²) in [7, 11) is -3.65. The molecule has 0 aliphatic heterocycles. The predicted octanol–water partition coefficient (Wildman–Crippen LogP) is 4.12. The molecular weight excluding hydrogens is 334 g/mol. The fourth-order valence-corrected chi connectivity index (χ4v) is 2.87. The minimum atomic E-state index is -3.65. The first-order valence-corrected chi connectivity index (χ1v) is 7.96. The second kappa shape index (κ2) is 8.01. The van der Waals surface area contributed by atoms with Crippen LogP contribution in [0.4, 0.5) is 22.0 Å². The Morgan fingerprint density at radius 2 is 1.23 bits per heavy atom. The zero-order chi connectivity index (χ0) is 16.9. The predicted molar refractivity (Wildman–Crippen MR) is 66.7 cm³/mol. The van der Waals surface area contributed by atoms with E-state index >= 15 is 0 Å². The van der Waals surface area contributed by atoms with E-state index in [2.05, 4.69) is 0 Å². The summed E-state index contributed by atoms with van der Waals surface area (Å²) in [6, 6.07) is 0. The Labute approximate surface area is 123 Å². The van der Waals surface area contributed by atoms with E-state index in [9.17, 15) is 26.5 Å². The Kier molecular flexibility index (Phi) is 6.93. The van der Waals surface area contributed by atoms with Gasteiger partial charge in [-0.3, -0.25) is 4.57 Å². The molecule has 0 spiro atoms. The Hall–Kier alpha value is -1.02. The van der Waals surface area contributed by atoms with Gasteiger partial charge in [-0.2, -0.15) is 0 Å². The van der Waals surface area contributed by atoms with Crippen LogP contribution in [0.25, 0.3) is 0 Å². The van der Waals surface area contributed by atoms with Crippen LogP contribution in [0.1, 0.15) is 19.4 Å². The number of ether oxygens (including phenoxy) is 1. The molecule has 0 atom stereocenters. The fourth-order valence-electron chi connectivity index (χ4n) is 1.54. The zero-order valence-electron chi connectivity index (χ0n) is 11.8. The molecule has 0 saturated heterocycles. The Morgan fingerprint density at radius 3 is 1.64 bits per heavy atom. The van der Waals surface area contributed by atoms with Gasteiger partial charge in [-0.25, -0.2) is 22.0 Å². The van der Waals surface area contributed by atoms with E-state index in [0.29, 0.717) is 0 Å². The Morgan fingerprint density at radius 1 is 0.818 bits per heavy atom. The van der Waals surface area contributed by atoms with Gasteiger partial charge in [0.2, 0.25) is 5.82 Å². The van der Waals surface area contributed by atoms with Gasteiger partial charge in [-0.05, 0) is 13.8 Å². The summed E-state index contributed by atoms with van der Waals surface area (Å²) in [5.41, 5.74) is -1.16. The van der Waals surface area contributed by atoms with Gasteiger partial charge >= 0.3 is 7.60 Å². The van der Waals surface area contributed by atoms with Gasteiger partial charge in [-0.15, -0.1) is 0 Å². The maximum Gasteiger partial charge on any atom is 0.356 e. The van der Waals surface area contributed by atoms with Crippen molar-refractivity contribution in [3.8, 4) is 0 Å². The summed E-state index contributed by atoms with van der Waals surface area (Å²) in [5.74, 6) is -10.4. The highest BCUT2D eigenvalue weighted by atomic mass is 31.2. The number of rotatable bonds is 8. The molecule has 0 aromatic heterocycles. The standard InChI is InChI=1S/C12H14F5O4P/c1-3-20-22(18,21-4-2)6-19-5-7-8(13)10(15)12(17)11(16)9(7)14/h3-6H2,1-2H3. The van der Waals surface area contributed by atoms with E-state index in [4.69, 9.17) is 13.8 Å². The average molecular weight is 348 g/mol. The summed E-state index contributed by atoms with van der Waals surface area (Å²) >= 11 is 0. The molecule has 0 fully saturated rings. The van der Waals surface area contributed by atoms with Crippen molar-refractivity contribution in [3.05, 3.63) is 34.6 Å². The first-order valence-electron chi connectivity index (χ1n) is 6.23. The minimum absolute atomic E-state index is 0.0309. The van der Waals surface area contributed by atoms with Crippen LogP contribution in [0, 0.1) is 29.1 Å². The molecule has 0 aliphatic rings. The first kappa shape index (κ1) is 19.0. The molecular formula is C12H14F5O4P. The van der Waals surface area contributed by atoms with Gasteiger partial charge in [0, 0.05) is 0 Å². The van der Waals surface area contributed by atoms with Crippen molar-refractivity contribution in [3.63, 3.8) is 0 Å². The van der Waals surface area contributed by atoms with E-state index in [1.807, 2.05) is 0 Å². The Bertz CT molecular complexity index is 542. The summed E-state index contributed by atoms with van der Waals surface area (Å²) in [5, 5.41) is 0. The molecule has 4 nitrogen and oxygen atoms in total. The topological polar surface area (TPSA) is 44.8 Å². The molecule has 0 N–H and O–H groups in total. The molecule has 0 bridgehead atoms. The van der Waals surface area contributed by atoms with E-state index in [-0.39, 0.29) is 13.2 Å². The maximum atomic E-state index is 13.4. The van der Waals surface area contributed by atoms with Crippen molar-refractivity contribution in [1.82, 2.24) is 0 Å². The van der Waals surface area contributed by atoms with Crippen molar-refractivity contribution >= 4 is 7.60 Å². The van der Waals surface area contributed by atoms with Crippen molar-refractivity contribution in [1.29, 1.82) is 0 Å². The highest BCUT2D eigenvalue weighted by Gasteiger charge is 2.28. The lowest BCUT2D eigenvalue weighted by molar-refractivity contribution is 0.117. The molecule has 1 aromatic carbocycles. The summed E-state index contributed by atoms with van der Waals surface area (Å²) in [4.78, 5) is 0. The molecule has 1 aromatic rings. The lowest BCUT2D eigenvalue weighted by Crippen LogP contribution is -2.10. The van der Waals surface area contributed by atoms with Crippen molar-refractivity contribution in [2.45, 2.75) is 20.5 Å². The van der Waals surface area contributed by atoms with Crippen molar-refractivity contribution < 1.29 is 40.3 Å². The van der Waals surface area contributed by atoms with Crippen LogP contribution < -0.4 is 0 Å². The van der Waals surface area contributed by atoms with E-state index in [0.717, 1.165) is 0 Å². The molecule has 22 heavy (non-hydrogen) atoms. The van der Waals surface area contributed by atoms with Crippen LogP contribution in [0.5, 0.6) is 0 Å². The van der Waals surface area contributed by atoms with Crippen LogP contribution in [0.2, 0.25) is 0 Å². The van der Waals surface area contributed by atoms with Gasteiger partial charge in [0.25, 0.3) is 0 Å². The molecule has 1 rings (SSSR count). The zero-order valence-corrected chi connectivity index (χ0v) is 12.7. The van der Waals surface area contributed by atoms with Gasteiger partial charge in [0.1, 0.15) is 6.35 Å². The highest BCUT2D eigenvalue weighted by Crippen LogP contribution is 2.48. The highest BCUT2D eigenvalue weighted by molar-refractivity contribution is 7.53. The third kappa shape index (κ3) is 4.25. The lowest BCUT2D eigenvalue weighted by atomic mass is 10.2. The smallest absolute Gasteiger partial charge is 0.356 e. The molecule has 0 saturated carbocycles. The molecule has 126 valence electrons. The third-order valence-corrected chi connectivity index (χ3v) is 4.25. The number of halogens is 5. The van der Waals surface area contributed by atoms with Gasteiger partial charge < -0.3 is 13.8 Å². The number of benzene rings is 1. The molecule has 10 heteroatoms. The minimum Gasteiger partial charge on any atom is -0.364 e. The summed E-state index contributed by atoms with van der Waals surface area (Å²) in [6.45, 7) is 2.16. The van der Waals surface area contributed by atoms with Crippen LogP contribution in [0.3, 0.4) is 0 Å². The average Bonchev–Trinajstić information content (AvgIpc) is 2.47. The summed E-state index contributed by atoms with van der Waals surface area (Å²) < 4.78 is 92.0. The van der Waals surface area contributed by atoms with Gasteiger partial charge in [-0.1, -0.05) is 0 Å². The molecule has 0 radical (unpaired) electrons. The van der Waals surface area contributed by atoms with Crippen LogP contribution in [-0.2, 0) is 25.0 Å². The second-order valence-electron chi connectivity index (χ2n) is 3.97. The molecule has 0 aliphatic carbocycles. The van der Waals surface area contributed by atoms with Crippen LogP contribution in [-0.4, -0.2) is 19.6 Å². The third-order valence-electron chi connectivity index (χ3n) is 2.45. The van der Waals surface area contributed by atoms with Gasteiger partial charge in [0.05, 0.1) is 25.4 Å². The summed E-state index contributed by atoms with van der Waals surface area (Å²) in [6.07, 6.45) is -0.686. The first-order chi connectivity index (χ1) is 10.3. The van der Waals surface area contributed by atoms with Crippen LogP contribution >= 0.6 is 7.60 Å². The normalized spacial score (nSPS) is 12.0. The van der Waals surface area contributed by atoms with E-state index in [1.54, 1.807) is 0 Å². The number of hydrogen-bond donors (Lipinski definition) is 0. The Balaban J connectivity index is 2.87. The largest absolute Gasteiger partial charge is 0.364 e. The van der Waals surface area contributed by atoms with Gasteiger partial charge in [0.15, 0.2) is 23.3 Å². The van der Waals surface area contributed by atoms with Crippen molar-refractivity contribution in [2.75, 3.05) is 19.6 Å².